The molecule has 2 rings (SSSR count). The fourth-order valence-electron chi connectivity index (χ4n) is 1.93. The van der Waals surface area contributed by atoms with E-state index in [9.17, 15) is 4.79 Å². The van der Waals surface area contributed by atoms with E-state index in [2.05, 4.69) is 32.3 Å². The van der Waals surface area contributed by atoms with Crippen LogP contribution in [0.3, 0.4) is 0 Å². The van der Waals surface area contributed by atoms with Crippen molar-refractivity contribution in [3.05, 3.63) is 55.6 Å². The second-order valence-corrected chi connectivity index (χ2v) is 7.35. The molecule has 2 nitrogen and oxygen atoms in total. The molecule has 0 amide bonds. The third kappa shape index (κ3) is 4.42. The molecule has 0 atom stereocenters. The van der Waals surface area contributed by atoms with Crippen LogP contribution < -0.4 is 0 Å². The fourth-order valence-corrected chi connectivity index (χ4v) is 3.38. The van der Waals surface area contributed by atoms with Gasteiger partial charge in [-0.2, -0.15) is 0 Å². The molecule has 0 radical (unpaired) electrons. The van der Waals surface area contributed by atoms with Crippen LogP contribution in [0, 0.1) is 0 Å². The Morgan fingerprint density at radius 3 is 2.80 bits per heavy atom. The second kappa shape index (κ2) is 7.36. The van der Waals surface area contributed by atoms with E-state index in [0.29, 0.717) is 17.0 Å². The van der Waals surface area contributed by atoms with Crippen LogP contribution in [0.1, 0.15) is 22.3 Å². The van der Waals surface area contributed by atoms with Gasteiger partial charge in [-0.25, -0.2) is 0 Å². The average molecular weight is 373 g/mol. The van der Waals surface area contributed by atoms with Crippen molar-refractivity contribution in [3.63, 3.8) is 0 Å². The molecule has 1 heterocycles. The van der Waals surface area contributed by atoms with Crippen molar-refractivity contribution < 1.29 is 4.79 Å². The zero-order valence-electron chi connectivity index (χ0n) is 11.1. The summed E-state index contributed by atoms with van der Waals surface area (Å²) < 4.78 is 1.13. The summed E-state index contributed by atoms with van der Waals surface area (Å²) in [6.07, 6.45) is 0.478. The first-order valence-corrected chi connectivity index (χ1v) is 8.30. The molecule has 2 aromatic rings. The van der Waals surface area contributed by atoms with E-state index in [4.69, 9.17) is 11.6 Å². The number of ketones is 1. The molecule has 0 fully saturated rings. The summed E-state index contributed by atoms with van der Waals surface area (Å²) in [5.41, 5.74) is 1.87. The van der Waals surface area contributed by atoms with E-state index >= 15 is 0 Å². The van der Waals surface area contributed by atoms with Gasteiger partial charge >= 0.3 is 0 Å². The third-order valence-corrected chi connectivity index (χ3v) is 4.85. The lowest BCUT2D eigenvalue weighted by atomic mass is 10.1. The molecule has 106 valence electrons. The van der Waals surface area contributed by atoms with Gasteiger partial charge in [-0.15, -0.1) is 11.3 Å². The number of benzene rings is 1. The van der Waals surface area contributed by atoms with Crippen LogP contribution in [0.25, 0.3) is 0 Å². The van der Waals surface area contributed by atoms with Gasteiger partial charge in [-0.1, -0.05) is 23.7 Å². The number of rotatable bonds is 6. The number of hydrogen-bond acceptors (Lipinski definition) is 3. The molecule has 0 aliphatic rings. The summed E-state index contributed by atoms with van der Waals surface area (Å²) in [6, 6.07) is 9.31. The van der Waals surface area contributed by atoms with Crippen LogP contribution in [0.15, 0.2) is 39.5 Å². The monoisotopic (exact) mass is 371 g/mol. The molecule has 0 saturated heterocycles. The highest BCUT2D eigenvalue weighted by Crippen LogP contribution is 2.22. The molecular weight excluding hydrogens is 358 g/mol. The largest absolute Gasteiger partial charge is 0.302 e. The lowest BCUT2D eigenvalue weighted by Crippen LogP contribution is -2.21. The van der Waals surface area contributed by atoms with Crippen LogP contribution in [-0.4, -0.2) is 24.3 Å². The van der Waals surface area contributed by atoms with Gasteiger partial charge in [0.1, 0.15) is 0 Å². The number of carbonyl (C=O) groups is 1. The summed E-state index contributed by atoms with van der Waals surface area (Å²) in [7, 11) is 2.02. The number of halogens is 2. The first-order chi connectivity index (χ1) is 9.56. The molecule has 0 unspecified atom stereocenters. The van der Waals surface area contributed by atoms with Gasteiger partial charge in [0.2, 0.25) is 0 Å². The van der Waals surface area contributed by atoms with Gasteiger partial charge in [0.25, 0.3) is 0 Å². The van der Waals surface area contributed by atoms with Crippen LogP contribution in [0.4, 0.5) is 0 Å². The van der Waals surface area contributed by atoms with Crippen LogP contribution in [0.5, 0.6) is 0 Å². The first kappa shape index (κ1) is 15.7. The average Bonchev–Trinajstić information content (AvgIpc) is 2.82. The molecule has 0 aliphatic heterocycles. The molecule has 0 N–H and O–H groups in total. The number of carbonyl (C=O) groups excluding carboxylic acids is 1. The molecule has 0 saturated carbocycles. The molecule has 5 heteroatoms. The molecule has 0 spiro atoms. The van der Waals surface area contributed by atoms with Gasteiger partial charge < -0.3 is 4.90 Å². The highest BCUT2D eigenvalue weighted by atomic mass is 79.9. The second-order valence-electron chi connectivity index (χ2n) is 4.65. The summed E-state index contributed by atoms with van der Waals surface area (Å²) in [5, 5.41) is 2.65. The van der Waals surface area contributed by atoms with Crippen molar-refractivity contribution in [2.75, 3.05) is 13.6 Å². The summed E-state index contributed by atoms with van der Waals surface area (Å²) in [4.78, 5) is 14.3. The first-order valence-electron chi connectivity index (χ1n) is 6.25. The number of nitrogens with zero attached hydrogens (tertiary/aromatic N) is 1. The van der Waals surface area contributed by atoms with E-state index in [1.807, 2.05) is 19.2 Å². The van der Waals surface area contributed by atoms with E-state index in [1.54, 1.807) is 23.5 Å². The predicted molar refractivity (Wildman–Crippen MR) is 88.8 cm³/mol. The van der Waals surface area contributed by atoms with Crippen LogP contribution >= 0.6 is 38.9 Å². The van der Waals surface area contributed by atoms with Crippen molar-refractivity contribution in [2.45, 2.75) is 13.0 Å². The highest BCUT2D eigenvalue weighted by molar-refractivity contribution is 9.11. The van der Waals surface area contributed by atoms with Crippen molar-refractivity contribution >= 4 is 44.7 Å². The maximum absolute atomic E-state index is 12.1. The number of hydrogen-bond donors (Lipinski definition) is 0. The van der Waals surface area contributed by atoms with Crippen LogP contribution in [0.2, 0.25) is 5.02 Å². The van der Waals surface area contributed by atoms with Gasteiger partial charge in [-0.05, 0) is 52.1 Å². The predicted octanol–water partition coefficient (Wildman–Crippen LogP) is 4.87. The smallest absolute Gasteiger partial charge is 0.165 e. The fraction of sp³-hybridized carbons (Fsp3) is 0.267. The molecule has 0 bridgehead atoms. The minimum absolute atomic E-state index is 0.0916. The SMILES string of the molecule is CN(CCC(=O)c1ccccc1Cl)Cc1csc(Br)c1. The molecule has 1 aromatic heterocycles. The number of thiophene rings is 1. The van der Waals surface area contributed by atoms with Crippen molar-refractivity contribution in [2.24, 2.45) is 0 Å². The molecule has 20 heavy (non-hydrogen) atoms. The zero-order valence-corrected chi connectivity index (χ0v) is 14.3. The summed E-state index contributed by atoms with van der Waals surface area (Å²) >= 11 is 11.2. The van der Waals surface area contributed by atoms with E-state index in [-0.39, 0.29) is 5.78 Å². The summed E-state index contributed by atoms with van der Waals surface area (Å²) in [6.45, 7) is 1.56. The summed E-state index contributed by atoms with van der Waals surface area (Å²) in [5.74, 6) is 0.0916. The Kier molecular flexibility index (Phi) is 5.78. The minimum Gasteiger partial charge on any atom is -0.302 e. The Labute approximate surface area is 136 Å². The Hall–Kier alpha value is -0.680. The van der Waals surface area contributed by atoms with Crippen molar-refractivity contribution in [1.82, 2.24) is 4.90 Å². The molecule has 0 aliphatic carbocycles. The minimum atomic E-state index is 0.0916. The Morgan fingerprint density at radius 1 is 1.40 bits per heavy atom. The van der Waals surface area contributed by atoms with Gasteiger partial charge in [-0.3, -0.25) is 4.79 Å². The van der Waals surface area contributed by atoms with Gasteiger partial charge in [0.05, 0.1) is 8.81 Å². The highest BCUT2D eigenvalue weighted by Gasteiger charge is 2.11. The van der Waals surface area contributed by atoms with E-state index in [1.165, 1.54) is 5.56 Å². The van der Waals surface area contributed by atoms with Crippen molar-refractivity contribution in [1.29, 1.82) is 0 Å². The lowest BCUT2D eigenvalue weighted by molar-refractivity contribution is 0.0968. The lowest BCUT2D eigenvalue weighted by Gasteiger charge is -2.15. The normalized spacial score (nSPS) is 11.0. The van der Waals surface area contributed by atoms with Gasteiger partial charge in [0.15, 0.2) is 5.78 Å². The topological polar surface area (TPSA) is 20.3 Å². The Morgan fingerprint density at radius 2 is 2.15 bits per heavy atom. The Balaban J connectivity index is 1.85. The van der Waals surface area contributed by atoms with Crippen molar-refractivity contribution in [3.8, 4) is 0 Å². The molecular formula is C15H15BrClNOS. The maximum atomic E-state index is 12.1. The van der Waals surface area contributed by atoms with Crippen LogP contribution in [-0.2, 0) is 6.54 Å². The number of Topliss-reactive ketones (excluding diaryl/α,β-unsaturated/α-hetero) is 1. The van der Waals surface area contributed by atoms with Gasteiger partial charge in [0, 0.05) is 25.1 Å². The zero-order chi connectivity index (χ0) is 14.5. The van der Waals surface area contributed by atoms with E-state index < -0.39 is 0 Å². The third-order valence-electron chi connectivity index (χ3n) is 2.97. The quantitative estimate of drug-likeness (QED) is 0.674. The standard InChI is InChI=1S/C15H15BrClNOS/c1-18(9-11-8-15(16)20-10-11)7-6-14(19)12-4-2-3-5-13(12)17/h2-5,8,10H,6-7,9H2,1H3. The van der Waals surface area contributed by atoms with E-state index in [0.717, 1.165) is 16.9 Å². The Bertz CT molecular complexity index is 599. The molecule has 1 aromatic carbocycles. The maximum Gasteiger partial charge on any atom is 0.165 e.